The van der Waals surface area contributed by atoms with E-state index in [0.29, 0.717) is 30.7 Å². The van der Waals surface area contributed by atoms with Gasteiger partial charge in [-0.25, -0.2) is 4.79 Å². The van der Waals surface area contributed by atoms with E-state index in [1.807, 2.05) is 65.8 Å². The van der Waals surface area contributed by atoms with E-state index < -0.39 is 28.4 Å². The number of hydrogen-bond acceptors (Lipinski definition) is 5. The van der Waals surface area contributed by atoms with Gasteiger partial charge in [0, 0.05) is 36.0 Å². The molecule has 0 saturated carbocycles. The second kappa shape index (κ2) is 7.99. The molecule has 3 atom stereocenters. The topological polar surface area (TPSA) is 89.9 Å². The second-order valence-corrected chi connectivity index (χ2v) is 13.2. The largest absolute Gasteiger partial charge is 0.483 e. The molecule has 2 amide bonds. The molecule has 4 saturated heterocycles. The summed E-state index contributed by atoms with van der Waals surface area (Å²) in [5.41, 5.74) is -0.0220. The Morgan fingerprint density at radius 1 is 1.26 bits per heavy atom. The number of piperidine rings is 2. The average Bonchev–Trinajstić information content (AvgIpc) is 3.42. The standard InChI is InChI=1S/C31H37N3O5/c1-18(2)22-16-30-12-8-14-34(30)26(36)31(22,32-25(30)35)15-19-17-33(27(37)39-28(3,4)5)24-20(19)9-10-23-21(24)11-13-29(6,7)38-23/h9-11,13,17,22H,1,8,12,14-16H2,2-7H3,(H,32,35)/t22?,30-,31?/m1/s1. The summed E-state index contributed by atoms with van der Waals surface area (Å²) in [4.78, 5) is 43.0. The Kier molecular flexibility index (Phi) is 5.27. The van der Waals surface area contributed by atoms with Crippen molar-refractivity contribution in [1.29, 1.82) is 0 Å². The van der Waals surface area contributed by atoms with Crippen LogP contribution < -0.4 is 10.1 Å². The van der Waals surface area contributed by atoms with Crippen LogP contribution >= 0.6 is 0 Å². The summed E-state index contributed by atoms with van der Waals surface area (Å²) in [5, 5.41) is 3.99. The monoisotopic (exact) mass is 531 g/mol. The Morgan fingerprint density at radius 3 is 2.69 bits per heavy atom. The van der Waals surface area contributed by atoms with Crippen molar-refractivity contribution in [2.45, 2.75) is 89.5 Å². The van der Waals surface area contributed by atoms with Gasteiger partial charge in [-0.1, -0.05) is 12.2 Å². The maximum absolute atomic E-state index is 14.2. The van der Waals surface area contributed by atoms with Gasteiger partial charge in [0.15, 0.2) is 0 Å². The third-order valence-corrected chi connectivity index (χ3v) is 8.74. The fourth-order valence-electron chi connectivity index (χ4n) is 7.06. The number of ether oxygens (including phenoxy) is 2. The normalized spacial score (nSPS) is 28.7. The molecule has 2 unspecified atom stereocenters. The molecule has 1 aromatic carbocycles. The first kappa shape index (κ1) is 25.7. The highest BCUT2D eigenvalue weighted by Gasteiger charge is 2.68. The van der Waals surface area contributed by atoms with Crippen LogP contribution in [0.2, 0.25) is 0 Å². The predicted molar refractivity (Wildman–Crippen MR) is 148 cm³/mol. The Labute approximate surface area is 229 Å². The predicted octanol–water partition coefficient (Wildman–Crippen LogP) is 4.98. The molecule has 2 bridgehead atoms. The van der Waals surface area contributed by atoms with Gasteiger partial charge in [0.2, 0.25) is 11.8 Å². The van der Waals surface area contributed by atoms with Crippen LogP contribution in [0.5, 0.6) is 5.75 Å². The lowest BCUT2D eigenvalue weighted by molar-refractivity contribution is -0.172. The van der Waals surface area contributed by atoms with Crippen LogP contribution in [-0.4, -0.2) is 56.2 Å². The Bertz CT molecular complexity index is 1490. The van der Waals surface area contributed by atoms with E-state index in [-0.39, 0.29) is 24.2 Å². The number of aromatic nitrogens is 1. The zero-order valence-electron chi connectivity index (χ0n) is 23.6. The van der Waals surface area contributed by atoms with Crippen LogP contribution in [0.1, 0.15) is 71.9 Å². The number of fused-ring (bicyclic) bond motifs is 5. The van der Waals surface area contributed by atoms with Crippen molar-refractivity contribution < 1.29 is 23.9 Å². The quantitative estimate of drug-likeness (QED) is 0.565. The number of nitrogens with one attached hydrogen (secondary N) is 1. The third-order valence-electron chi connectivity index (χ3n) is 8.74. The van der Waals surface area contributed by atoms with Crippen molar-refractivity contribution in [3.63, 3.8) is 0 Å². The van der Waals surface area contributed by atoms with Crippen molar-refractivity contribution in [3.05, 3.63) is 47.7 Å². The molecule has 2 aromatic rings. The highest BCUT2D eigenvalue weighted by atomic mass is 16.6. The summed E-state index contributed by atoms with van der Waals surface area (Å²) in [5.74, 6) is 0.325. The zero-order chi connectivity index (χ0) is 28.1. The molecule has 4 fully saturated rings. The lowest BCUT2D eigenvalue weighted by Crippen LogP contribution is -2.82. The van der Waals surface area contributed by atoms with Crippen molar-refractivity contribution in [3.8, 4) is 5.75 Å². The molecule has 1 N–H and O–H groups in total. The van der Waals surface area contributed by atoms with E-state index in [4.69, 9.17) is 9.47 Å². The fraction of sp³-hybridized carbons (Fsp3) is 0.516. The van der Waals surface area contributed by atoms with Gasteiger partial charge in [-0.3, -0.25) is 14.2 Å². The van der Waals surface area contributed by atoms with Gasteiger partial charge >= 0.3 is 6.09 Å². The minimum atomic E-state index is -1.16. The third kappa shape index (κ3) is 3.67. The zero-order valence-corrected chi connectivity index (χ0v) is 23.6. The minimum absolute atomic E-state index is 0.0556. The molecule has 5 aliphatic rings. The number of hydrogen-bond donors (Lipinski definition) is 1. The molecule has 206 valence electrons. The molecule has 8 nitrogen and oxygen atoms in total. The van der Waals surface area contributed by atoms with Crippen LogP contribution in [0.3, 0.4) is 0 Å². The smallest absolute Gasteiger partial charge is 0.419 e. The van der Waals surface area contributed by atoms with E-state index >= 15 is 0 Å². The SMILES string of the molecule is C=C(C)C1C[C@@]23CCCN2C(=O)C1(Cc1cn(C(=O)OC(C)(C)C)c2c4c(ccc12)OC(C)(C)C=C4)NC3=O. The number of rotatable bonds is 3. The number of carbonyl (C=O) groups is 3. The van der Waals surface area contributed by atoms with Gasteiger partial charge in [-0.05, 0) is 90.7 Å². The number of nitrogens with zero attached hydrogens (tertiary/aromatic N) is 2. The van der Waals surface area contributed by atoms with Crippen LogP contribution in [-0.2, 0) is 20.7 Å². The summed E-state index contributed by atoms with van der Waals surface area (Å²) in [6.07, 6.45) is 7.50. The molecule has 6 heterocycles. The number of carbonyl (C=O) groups excluding carboxylic acids is 3. The van der Waals surface area contributed by atoms with Gasteiger partial charge in [0.25, 0.3) is 0 Å². The van der Waals surface area contributed by atoms with Gasteiger partial charge < -0.3 is 19.7 Å². The first-order chi connectivity index (χ1) is 18.2. The van der Waals surface area contributed by atoms with Crippen LogP contribution in [0.25, 0.3) is 17.0 Å². The van der Waals surface area contributed by atoms with Crippen molar-refractivity contribution >= 4 is 34.9 Å². The van der Waals surface area contributed by atoms with E-state index in [9.17, 15) is 14.4 Å². The first-order valence-electron chi connectivity index (χ1n) is 13.8. The maximum atomic E-state index is 14.2. The minimum Gasteiger partial charge on any atom is -0.483 e. The Balaban J connectivity index is 1.53. The molecule has 39 heavy (non-hydrogen) atoms. The molecular formula is C31H37N3O5. The van der Waals surface area contributed by atoms with Crippen molar-refractivity contribution in [1.82, 2.24) is 14.8 Å². The Morgan fingerprint density at radius 2 is 2.00 bits per heavy atom. The number of benzene rings is 1. The van der Waals surface area contributed by atoms with Crippen LogP contribution in [0.4, 0.5) is 4.79 Å². The van der Waals surface area contributed by atoms with Crippen LogP contribution in [0, 0.1) is 5.92 Å². The highest BCUT2D eigenvalue weighted by Crippen LogP contribution is 2.52. The second-order valence-electron chi connectivity index (χ2n) is 13.2. The van der Waals surface area contributed by atoms with E-state index in [1.54, 1.807) is 11.1 Å². The highest BCUT2D eigenvalue weighted by molar-refractivity contribution is 6.06. The first-order valence-corrected chi connectivity index (χ1v) is 13.8. The van der Waals surface area contributed by atoms with E-state index in [2.05, 4.69) is 11.9 Å². The molecule has 1 spiro atoms. The van der Waals surface area contributed by atoms with E-state index in [0.717, 1.165) is 28.5 Å². The fourth-order valence-corrected chi connectivity index (χ4v) is 7.06. The van der Waals surface area contributed by atoms with Gasteiger partial charge in [-0.2, -0.15) is 0 Å². The summed E-state index contributed by atoms with van der Waals surface area (Å²) in [6, 6.07) is 3.84. The summed E-state index contributed by atoms with van der Waals surface area (Å²) < 4.78 is 13.5. The molecule has 5 aliphatic heterocycles. The van der Waals surface area contributed by atoms with Crippen molar-refractivity contribution in [2.75, 3.05) is 6.54 Å². The molecule has 1 aromatic heterocycles. The maximum Gasteiger partial charge on any atom is 0.419 e. The molecule has 8 heteroatoms. The van der Waals surface area contributed by atoms with E-state index in [1.165, 1.54) is 4.57 Å². The Hall–Kier alpha value is -3.55. The number of piperazine rings is 1. The van der Waals surface area contributed by atoms with Gasteiger partial charge in [0.1, 0.15) is 28.0 Å². The number of amides is 2. The van der Waals surface area contributed by atoms with Crippen LogP contribution in [0.15, 0.2) is 36.6 Å². The van der Waals surface area contributed by atoms with Crippen molar-refractivity contribution in [2.24, 2.45) is 5.92 Å². The molecule has 0 aliphatic carbocycles. The summed E-state index contributed by atoms with van der Waals surface area (Å²) in [7, 11) is 0. The summed E-state index contributed by atoms with van der Waals surface area (Å²) in [6.45, 7) is 16.2. The summed E-state index contributed by atoms with van der Waals surface area (Å²) >= 11 is 0. The lowest BCUT2D eigenvalue weighted by Gasteiger charge is -2.59. The molecule has 7 rings (SSSR count). The average molecular weight is 532 g/mol. The molecular weight excluding hydrogens is 494 g/mol. The van der Waals surface area contributed by atoms with Gasteiger partial charge in [-0.15, -0.1) is 0 Å². The van der Waals surface area contributed by atoms with Gasteiger partial charge in [0.05, 0.1) is 5.52 Å². The molecule has 0 radical (unpaired) electrons. The lowest BCUT2D eigenvalue weighted by atomic mass is 9.61.